The van der Waals surface area contributed by atoms with Gasteiger partial charge < -0.3 is 9.84 Å². The van der Waals surface area contributed by atoms with Crippen LogP contribution in [0.2, 0.25) is 0 Å². The summed E-state index contributed by atoms with van der Waals surface area (Å²) in [6.45, 7) is 0.337. The molecule has 0 bridgehead atoms. The van der Waals surface area contributed by atoms with E-state index in [1.807, 2.05) is 0 Å². The van der Waals surface area contributed by atoms with Crippen molar-refractivity contribution in [1.29, 1.82) is 0 Å². The van der Waals surface area contributed by atoms with E-state index >= 15 is 0 Å². The van der Waals surface area contributed by atoms with Crippen LogP contribution in [0.25, 0.3) is 0 Å². The molecule has 0 saturated carbocycles. The van der Waals surface area contributed by atoms with E-state index in [2.05, 4.69) is 31.4 Å². The van der Waals surface area contributed by atoms with Crippen molar-refractivity contribution in [2.24, 2.45) is 0 Å². The van der Waals surface area contributed by atoms with Crippen LogP contribution < -0.4 is 5.32 Å². The minimum absolute atomic E-state index is 0.153. The zero-order valence-electron chi connectivity index (χ0n) is 9.19. The van der Waals surface area contributed by atoms with E-state index in [1.54, 1.807) is 0 Å². The highest BCUT2D eigenvalue weighted by Crippen LogP contribution is 2.20. The highest BCUT2D eigenvalue weighted by atomic mass is 79.9. The van der Waals surface area contributed by atoms with Gasteiger partial charge in [-0.1, -0.05) is 11.2 Å². The lowest BCUT2D eigenvalue weighted by Gasteiger charge is -2.06. The van der Waals surface area contributed by atoms with Crippen LogP contribution >= 0.6 is 15.9 Å². The normalized spacial score (nSPS) is 10.3. The Kier molecular flexibility index (Phi) is 4.03. The van der Waals surface area contributed by atoms with E-state index in [1.165, 1.54) is 24.5 Å². The molecule has 0 aliphatic heterocycles. The van der Waals surface area contributed by atoms with E-state index < -0.39 is 5.82 Å². The molecule has 94 valence electrons. The van der Waals surface area contributed by atoms with Gasteiger partial charge in [-0.3, -0.25) is 4.79 Å². The Balaban J connectivity index is 1.93. The lowest BCUT2D eigenvalue weighted by atomic mass is 10.2. The second-order valence-electron chi connectivity index (χ2n) is 3.44. The number of carbonyl (C=O) groups is 1. The van der Waals surface area contributed by atoms with Gasteiger partial charge >= 0.3 is 0 Å². The number of halogens is 2. The number of aromatic nitrogens is 2. The van der Waals surface area contributed by atoms with Crippen molar-refractivity contribution in [3.8, 4) is 0 Å². The average Bonchev–Trinajstić information content (AvgIpc) is 2.85. The SMILES string of the molecule is O=C(NCCc1ncno1)c1cccc(F)c1Br. The summed E-state index contributed by atoms with van der Waals surface area (Å²) >= 11 is 3.03. The summed E-state index contributed by atoms with van der Waals surface area (Å²) in [6, 6.07) is 4.29. The molecule has 0 saturated heterocycles. The average molecular weight is 314 g/mol. The molecule has 7 heteroatoms. The molecule has 2 aromatic rings. The van der Waals surface area contributed by atoms with Crippen LogP contribution in [0.1, 0.15) is 16.2 Å². The van der Waals surface area contributed by atoms with E-state index in [4.69, 9.17) is 4.52 Å². The van der Waals surface area contributed by atoms with E-state index in [9.17, 15) is 9.18 Å². The van der Waals surface area contributed by atoms with Gasteiger partial charge in [-0.15, -0.1) is 0 Å². The van der Waals surface area contributed by atoms with E-state index in [0.717, 1.165) is 0 Å². The third-order valence-electron chi connectivity index (χ3n) is 2.23. The first-order chi connectivity index (χ1) is 8.68. The number of carbonyl (C=O) groups excluding carboxylic acids is 1. The van der Waals surface area contributed by atoms with Crippen LogP contribution in [-0.4, -0.2) is 22.6 Å². The molecule has 2 rings (SSSR count). The predicted molar refractivity (Wildman–Crippen MR) is 64.4 cm³/mol. The van der Waals surface area contributed by atoms with Gasteiger partial charge in [0.05, 0.1) is 10.0 Å². The molecule has 5 nitrogen and oxygen atoms in total. The zero-order chi connectivity index (χ0) is 13.0. The lowest BCUT2D eigenvalue weighted by Crippen LogP contribution is -2.26. The number of hydrogen-bond donors (Lipinski definition) is 1. The van der Waals surface area contributed by atoms with Crippen LogP contribution in [0.15, 0.2) is 33.5 Å². The molecule has 0 aliphatic rings. The van der Waals surface area contributed by atoms with Crippen molar-refractivity contribution in [2.75, 3.05) is 6.54 Å². The Labute approximate surface area is 111 Å². The Morgan fingerprint density at radius 3 is 3.06 bits per heavy atom. The summed E-state index contributed by atoms with van der Waals surface area (Å²) < 4.78 is 18.2. The fourth-order valence-electron chi connectivity index (χ4n) is 1.36. The summed E-state index contributed by atoms with van der Waals surface area (Å²) in [6.07, 6.45) is 1.72. The number of nitrogens with zero attached hydrogens (tertiary/aromatic N) is 2. The fraction of sp³-hybridized carbons (Fsp3) is 0.182. The monoisotopic (exact) mass is 313 g/mol. The van der Waals surface area contributed by atoms with Crippen LogP contribution in [-0.2, 0) is 6.42 Å². The first kappa shape index (κ1) is 12.7. The minimum atomic E-state index is -0.473. The summed E-state index contributed by atoms with van der Waals surface area (Å²) in [5.74, 6) is -0.394. The second-order valence-corrected chi connectivity index (χ2v) is 4.24. The third-order valence-corrected chi connectivity index (χ3v) is 3.03. The quantitative estimate of drug-likeness (QED) is 0.936. The summed E-state index contributed by atoms with van der Waals surface area (Å²) in [5.41, 5.74) is 0.250. The van der Waals surface area contributed by atoms with Crippen LogP contribution in [0.4, 0.5) is 4.39 Å². The summed E-state index contributed by atoms with van der Waals surface area (Å²) in [5, 5.41) is 6.09. The van der Waals surface area contributed by atoms with Crippen molar-refractivity contribution in [2.45, 2.75) is 6.42 Å². The molecule has 0 unspecified atom stereocenters. The van der Waals surface area contributed by atoms with Gasteiger partial charge in [0.2, 0.25) is 5.89 Å². The molecule has 1 aromatic carbocycles. The standard InChI is InChI=1S/C11H9BrFN3O2/c12-10-7(2-1-3-8(10)13)11(17)14-5-4-9-15-6-16-18-9/h1-3,6H,4-5H2,(H,14,17). The van der Waals surface area contributed by atoms with Gasteiger partial charge in [0.1, 0.15) is 5.82 Å². The number of amides is 1. The van der Waals surface area contributed by atoms with Crippen molar-refractivity contribution < 1.29 is 13.7 Å². The molecule has 18 heavy (non-hydrogen) atoms. The van der Waals surface area contributed by atoms with Crippen molar-refractivity contribution >= 4 is 21.8 Å². The number of benzene rings is 1. The Hall–Kier alpha value is -1.76. The molecule has 0 spiro atoms. The number of hydrogen-bond acceptors (Lipinski definition) is 4. The van der Waals surface area contributed by atoms with E-state index in [0.29, 0.717) is 18.9 Å². The van der Waals surface area contributed by atoms with Crippen molar-refractivity contribution in [3.63, 3.8) is 0 Å². The smallest absolute Gasteiger partial charge is 0.252 e. The molecule has 0 aliphatic carbocycles. The first-order valence-corrected chi connectivity index (χ1v) is 5.95. The predicted octanol–water partition coefficient (Wildman–Crippen LogP) is 1.94. The first-order valence-electron chi connectivity index (χ1n) is 5.16. The Morgan fingerprint density at radius 1 is 1.50 bits per heavy atom. The molecular weight excluding hydrogens is 305 g/mol. The molecule has 0 fully saturated rings. The Bertz CT molecular complexity index is 545. The number of nitrogens with one attached hydrogen (secondary N) is 1. The molecule has 0 radical (unpaired) electrons. The van der Waals surface area contributed by atoms with Gasteiger partial charge in [0, 0.05) is 13.0 Å². The lowest BCUT2D eigenvalue weighted by molar-refractivity contribution is 0.0952. The second kappa shape index (κ2) is 5.72. The fourth-order valence-corrected chi connectivity index (χ4v) is 1.81. The minimum Gasteiger partial charge on any atom is -0.351 e. The van der Waals surface area contributed by atoms with Gasteiger partial charge in [-0.05, 0) is 28.1 Å². The van der Waals surface area contributed by atoms with Crippen LogP contribution in [0.5, 0.6) is 0 Å². The van der Waals surface area contributed by atoms with Crippen molar-refractivity contribution in [1.82, 2.24) is 15.5 Å². The maximum absolute atomic E-state index is 13.2. The molecular formula is C11H9BrFN3O2. The molecule has 1 heterocycles. The molecule has 1 N–H and O–H groups in total. The van der Waals surface area contributed by atoms with Crippen LogP contribution in [0, 0.1) is 5.82 Å². The maximum atomic E-state index is 13.2. The maximum Gasteiger partial charge on any atom is 0.252 e. The third kappa shape index (κ3) is 2.92. The van der Waals surface area contributed by atoms with E-state index in [-0.39, 0.29) is 15.9 Å². The summed E-state index contributed by atoms with van der Waals surface area (Å²) in [4.78, 5) is 15.6. The highest BCUT2D eigenvalue weighted by molar-refractivity contribution is 9.10. The number of rotatable bonds is 4. The molecule has 1 amide bonds. The highest BCUT2D eigenvalue weighted by Gasteiger charge is 2.12. The summed E-state index contributed by atoms with van der Waals surface area (Å²) in [7, 11) is 0. The Morgan fingerprint density at radius 2 is 2.33 bits per heavy atom. The zero-order valence-corrected chi connectivity index (χ0v) is 10.8. The van der Waals surface area contributed by atoms with Gasteiger partial charge in [-0.2, -0.15) is 4.98 Å². The molecule has 1 aromatic heterocycles. The topological polar surface area (TPSA) is 68.0 Å². The van der Waals surface area contributed by atoms with Gasteiger partial charge in [-0.25, -0.2) is 4.39 Å². The van der Waals surface area contributed by atoms with Gasteiger partial charge in [0.15, 0.2) is 6.33 Å². The largest absolute Gasteiger partial charge is 0.351 e. The molecule has 0 atom stereocenters. The van der Waals surface area contributed by atoms with Crippen LogP contribution in [0.3, 0.4) is 0 Å². The van der Waals surface area contributed by atoms with Crippen molar-refractivity contribution in [3.05, 3.63) is 46.3 Å². The van der Waals surface area contributed by atoms with Gasteiger partial charge in [0.25, 0.3) is 5.91 Å².